The van der Waals surface area contributed by atoms with Crippen LogP contribution in [0.2, 0.25) is 0 Å². The third-order valence-corrected chi connectivity index (χ3v) is 10.5. The van der Waals surface area contributed by atoms with Gasteiger partial charge in [-0.1, -0.05) is 84.9 Å². The zero-order chi connectivity index (χ0) is 20.2. The molecule has 0 fully saturated rings. The van der Waals surface area contributed by atoms with Crippen LogP contribution in [0, 0.1) is 0 Å². The highest BCUT2D eigenvalue weighted by Crippen LogP contribution is 2.54. The van der Waals surface area contributed by atoms with Gasteiger partial charge in [-0.3, -0.25) is 0 Å². The number of benzene rings is 4. The summed E-state index contributed by atoms with van der Waals surface area (Å²) in [5, 5.41) is 7.31. The number of rotatable bonds is 5. The largest absolute Gasteiger partial charge is 0.209 e. The third-order valence-electron chi connectivity index (χ3n) is 5.29. The molecule has 0 saturated heterocycles. The van der Waals surface area contributed by atoms with Gasteiger partial charge in [0, 0.05) is 5.56 Å². The van der Waals surface area contributed by atoms with E-state index in [1.165, 1.54) is 21.5 Å². The van der Waals surface area contributed by atoms with Crippen molar-refractivity contribution in [1.82, 2.24) is 4.98 Å². The van der Waals surface area contributed by atoms with Crippen molar-refractivity contribution in [3.63, 3.8) is 0 Å². The molecule has 3 heteroatoms. The number of hydrogen-bond acceptors (Lipinski definition) is 2. The summed E-state index contributed by atoms with van der Waals surface area (Å²) in [6.45, 7) is 0. The van der Waals surface area contributed by atoms with E-state index >= 15 is 0 Å². The van der Waals surface area contributed by atoms with Crippen molar-refractivity contribution in [2.24, 2.45) is 0 Å². The summed E-state index contributed by atoms with van der Waals surface area (Å²) in [4.78, 5) is 5.25. The van der Waals surface area contributed by atoms with Crippen molar-refractivity contribution in [2.45, 2.75) is 0 Å². The molecule has 0 unspecified atom stereocenters. The predicted molar refractivity (Wildman–Crippen MR) is 132 cm³/mol. The molecule has 1 heterocycles. The Hall–Kier alpha value is -3.06. The number of thiazole rings is 1. The van der Waals surface area contributed by atoms with E-state index in [2.05, 4.69) is 121 Å². The molecular weight excluding hydrogens is 401 g/mol. The summed E-state index contributed by atoms with van der Waals surface area (Å²) in [7, 11) is -2.11. The van der Waals surface area contributed by atoms with E-state index in [9.17, 15) is 0 Å². The van der Waals surface area contributed by atoms with Crippen LogP contribution >= 0.6 is 18.6 Å². The maximum absolute atomic E-state index is 5.25. The molecule has 144 valence electrons. The van der Waals surface area contributed by atoms with Crippen molar-refractivity contribution < 1.29 is 0 Å². The number of aromatic nitrogens is 1. The zero-order valence-corrected chi connectivity index (χ0v) is 18.1. The Morgan fingerprint density at radius 3 is 1.33 bits per heavy atom. The quantitative estimate of drug-likeness (QED) is 0.344. The Morgan fingerprint density at radius 2 is 0.900 bits per heavy atom. The van der Waals surface area contributed by atoms with Crippen molar-refractivity contribution in [2.75, 3.05) is 0 Å². The van der Waals surface area contributed by atoms with Crippen LogP contribution in [0.25, 0.3) is 10.6 Å². The first-order valence-electron chi connectivity index (χ1n) is 9.96. The summed E-state index contributed by atoms with van der Waals surface area (Å²) >= 11 is 1.73. The molecule has 0 spiro atoms. The van der Waals surface area contributed by atoms with Crippen molar-refractivity contribution in [1.29, 1.82) is 0 Å². The van der Waals surface area contributed by atoms with Gasteiger partial charge in [-0.2, -0.15) is 0 Å². The van der Waals surface area contributed by atoms with Gasteiger partial charge >= 0.3 is 0 Å². The Morgan fingerprint density at radius 1 is 0.500 bits per heavy atom. The third kappa shape index (κ3) is 3.29. The van der Waals surface area contributed by atoms with Gasteiger partial charge < -0.3 is 0 Å². The summed E-state index contributed by atoms with van der Waals surface area (Å²) in [6, 6.07) is 43.1. The van der Waals surface area contributed by atoms with E-state index in [4.69, 9.17) is 4.98 Å². The number of nitrogens with zero attached hydrogens (tertiary/aromatic N) is 1. The van der Waals surface area contributed by atoms with Crippen molar-refractivity contribution in [3.05, 3.63) is 127 Å². The van der Waals surface area contributed by atoms with Crippen LogP contribution in [-0.2, 0) is 0 Å². The van der Waals surface area contributed by atoms with Gasteiger partial charge in [0.1, 0.15) is 20.9 Å². The van der Waals surface area contributed by atoms with E-state index < -0.39 is 7.26 Å². The van der Waals surface area contributed by atoms with Crippen LogP contribution in [0.5, 0.6) is 0 Å². The highest BCUT2D eigenvalue weighted by Gasteiger charge is 2.49. The molecule has 0 aliphatic carbocycles. The fraction of sp³-hybridized carbons (Fsp3) is 0. The second-order valence-corrected chi connectivity index (χ2v) is 11.3. The molecule has 4 aromatic carbocycles. The summed E-state index contributed by atoms with van der Waals surface area (Å²) in [6.07, 6.45) is 0. The first-order chi connectivity index (χ1) is 14.9. The lowest BCUT2D eigenvalue weighted by Gasteiger charge is -2.25. The second kappa shape index (κ2) is 8.36. The minimum absolute atomic E-state index is 1.07. The Balaban J connectivity index is 1.82. The summed E-state index contributed by atoms with van der Waals surface area (Å²) in [5.74, 6) is 0. The molecular formula is C27H21NPS+. The van der Waals surface area contributed by atoms with Gasteiger partial charge in [-0.15, -0.1) is 11.3 Å². The van der Waals surface area contributed by atoms with Crippen LogP contribution in [0.3, 0.4) is 0 Å². The lowest BCUT2D eigenvalue weighted by atomic mass is 10.2. The normalized spacial score (nSPS) is 11.3. The van der Waals surface area contributed by atoms with Gasteiger partial charge in [-0.25, -0.2) is 4.98 Å². The lowest BCUT2D eigenvalue weighted by molar-refractivity contribution is 1.46. The van der Waals surface area contributed by atoms with Crippen molar-refractivity contribution in [3.8, 4) is 10.6 Å². The zero-order valence-electron chi connectivity index (χ0n) is 16.4. The smallest absolute Gasteiger partial charge is 0.201 e. The minimum Gasteiger partial charge on any atom is -0.201 e. The van der Waals surface area contributed by atoms with Gasteiger partial charge in [0.05, 0.1) is 5.38 Å². The van der Waals surface area contributed by atoms with Gasteiger partial charge in [0.2, 0.25) is 5.44 Å². The van der Waals surface area contributed by atoms with E-state index in [1.54, 1.807) is 11.3 Å². The Bertz CT molecular complexity index is 1120. The van der Waals surface area contributed by atoms with Gasteiger partial charge in [0.25, 0.3) is 0 Å². The minimum atomic E-state index is -2.11. The average molecular weight is 423 g/mol. The molecule has 1 nitrogen and oxygen atoms in total. The van der Waals surface area contributed by atoms with Crippen LogP contribution in [0.1, 0.15) is 0 Å². The first kappa shape index (κ1) is 18.9. The molecule has 5 aromatic rings. The fourth-order valence-electron chi connectivity index (χ4n) is 3.93. The lowest BCUT2D eigenvalue weighted by Crippen LogP contribution is -2.39. The fourth-order valence-corrected chi connectivity index (χ4v) is 9.28. The highest BCUT2D eigenvalue weighted by molar-refractivity contribution is 8.01. The molecule has 5 rings (SSSR count). The molecule has 30 heavy (non-hydrogen) atoms. The second-order valence-electron chi connectivity index (χ2n) is 7.05. The molecule has 0 N–H and O–H groups in total. The maximum atomic E-state index is 5.25. The van der Waals surface area contributed by atoms with E-state index in [0.717, 1.165) is 10.4 Å². The Kier molecular flexibility index (Phi) is 5.27. The highest BCUT2D eigenvalue weighted by atomic mass is 32.1. The van der Waals surface area contributed by atoms with Crippen LogP contribution < -0.4 is 21.3 Å². The predicted octanol–water partition coefficient (Wildman–Crippen LogP) is 5.43. The molecule has 0 radical (unpaired) electrons. The van der Waals surface area contributed by atoms with Gasteiger partial charge in [0.15, 0.2) is 7.26 Å². The standard InChI is InChI=1S/C27H21NPS/c1-5-13-22(14-6-1)27-28-26(21-30-27)29(23-15-7-2-8-16-23,24-17-9-3-10-18-24)25-19-11-4-12-20-25/h1-21H/q+1. The van der Waals surface area contributed by atoms with Crippen LogP contribution in [-0.4, -0.2) is 4.98 Å². The van der Waals surface area contributed by atoms with E-state index in [1.807, 2.05) is 6.07 Å². The van der Waals surface area contributed by atoms with Crippen LogP contribution in [0.15, 0.2) is 127 Å². The summed E-state index contributed by atoms with van der Waals surface area (Å²) in [5.41, 5.74) is 2.33. The van der Waals surface area contributed by atoms with Crippen molar-refractivity contribution >= 4 is 39.9 Å². The Labute approximate surface area is 182 Å². The summed E-state index contributed by atoms with van der Waals surface area (Å²) < 4.78 is 0. The molecule has 0 bridgehead atoms. The molecule has 0 atom stereocenters. The topological polar surface area (TPSA) is 12.9 Å². The monoisotopic (exact) mass is 422 g/mol. The van der Waals surface area contributed by atoms with E-state index in [0.29, 0.717) is 0 Å². The SMILES string of the molecule is c1ccc(-c2nc([P+](c3ccccc3)(c3ccccc3)c3ccccc3)cs2)cc1. The maximum Gasteiger partial charge on any atom is 0.209 e. The number of hydrogen-bond donors (Lipinski definition) is 0. The molecule has 0 aliphatic rings. The average Bonchev–Trinajstić information content (AvgIpc) is 3.33. The van der Waals surface area contributed by atoms with Crippen LogP contribution in [0.4, 0.5) is 0 Å². The molecule has 0 saturated carbocycles. The molecule has 0 amide bonds. The first-order valence-corrected chi connectivity index (χ1v) is 12.6. The molecule has 1 aromatic heterocycles. The van der Waals surface area contributed by atoms with Gasteiger partial charge in [-0.05, 0) is 36.4 Å². The van der Waals surface area contributed by atoms with E-state index in [-0.39, 0.29) is 0 Å². The molecule has 0 aliphatic heterocycles.